The van der Waals surface area contributed by atoms with E-state index in [9.17, 15) is 4.79 Å². The van der Waals surface area contributed by atoms with Crippen molar-refractivity contribution in [2.75, 3.05) is 13.1 Å². The summed E-state index contributed by atoms with van der Waals surface area (Å²) in [6, 6.07) is 0. The Morgan fingerprint density at radius 3 is 2.72 bits per heavy atom. The largest absolute Gasteiger partial charge is 0.338 e. The first kappa shape index (κ1) is 16.8. The summed E-state index contributed by atoms with van der Waals surface area (Å²) in [5.41, 5.74) is 2.12. The molecule has 1 saturated heterocycles. The molecule has 25 heavy (non-hydrogen) atoms. The average Bonchev–Trinajstić information content (AvgIpc) is 3.20. The molecule has 2 aromatic heterocycles. The Labute approximate surface area is 153 Å². The second kappa shape index (κ2) is 6.56. The van der Waals surface area contributed by atoms with Crippen LogP contribution in [0, 0.1) is 26.7 Å². The van der Waals surface area contributed by atoms with E-state index in [0.717, 1.165) is 41.6 Å². The van der Waals surface area contributed by atoms with Crippen LogP contribution in [-0.4, -0.2) is 38.4 Å². The van der Waals surface area contributed by atoms with E-state index in [-0.39, 0.29) is 5.91 Å². The van der Waals surface area contributed by atoms with Crippen molar-refractivity contribution in [3.63, 3.8) is 0 Å². The summed E-state index contributed by atoms with van der Waals surface area (Å²) in [6.45, 7) is 8.73. The zero-order chi connectivity index (χ0) is 17.6. The van der Waals surface area contributed by atoms with Crippen molar-refractivity contribution in [1.82, 2.24) is 19.4 Å². The van der Waals surface area contributed by atoms with Crippen LogP contribution in [0.1, 0.15) is 63.5 Å². The number of thiazole rings is 1. The van der Waals surface area contributed by atoms with E-state index in [2.05, 4.69) is 21.5 Å². The van der Waals surface area contributed by atoms with Crippen molar-refractivity contribution < 1.29 is 4.79 Å². The molecule has 0 radical (unpaired) electrons. The molecule has 2 aromatic rings. The van der Waals surface area contributed by atoms with Gasteiger partial charge in [-0.2, -0.15) is 0 Å². The Kier molecular flexibility index (Phi) is 4.40. The molecule has 0 aromatic carbocycles. The van der Waals surface area contributed by atoms with Crippen LogP contribution >= 0.6 is 11.3 Å². The predicted molar refractivity (Wildman–Crippen MR) is 99.2 cm³/mol. The van der Waals surface area contributed by atoms with Crippen LogP contribution in [0.15, 0.2) is 6.20 Å². The molecule has 1 aliphatic carbocycles. The molecular formula is C19H26N4OS. The van der Waals surface area contributed by atoms with Crippen LogP contribution < -0.4 is 0 Å². The Hall–Kier alpha value is -1.69. The van der Waals surface area contributed by atoms with Gasteiger partial charge in [-0.05, 0) is 46.0 Å². The van der Waals surface area contributed by atoms with Gasteiger partial charge in [-0.15, -0.1) is 11.3 Å². The third-order valence-electron chi connectivity index (χ3n) is 5.67. The van der Waals surface area contributed by atoms with E-state index in [4.69, 9.17) is 0 Å². The number of hydrogen-bond donors (Lipinski definition) is 0. The first-order valence-corrected chi connectivity index (χ1v) is 10.1. The molecule has 3 heterocycles. The second-order valence-corrected chi connectivity index (χ2v) is 8.75. The summed E-state index contributed by atoms with van der Waals surface area (Å²) >= 11 is 1.52. The fraction of sp³-hybridized carbons (Fsp3) is 0.632. The van der Waals surface area contributed by atoms with Gasteiger partial charge in [0.05, 0.1) is 10.7 Å². The monoisotopic (exact) mass is 358 g/mol. The first-order chi connectivity index (χ1) is 12.0. The van der Waals surface area contributed by atoms with Crippen LogP contribution in [0.4, 0.5) is 0 Å². The highest BCUT2D eigenvalue weighted by Gasteiger charge is 2.31. The molecule has 0 N–H and O–H groups in total. The molecule has 5 nitrogen and oxygen atoms in total. The van der Waals surface area contributed by atoms with E-state index in [1.165, 1.54) is 42.1 Å². The molecule has 0 bridgehead atoms. The highest BCUT2D eigenvalue weighted by atomic mass is 32.1. The summed E-state index contributed by atoms with van der Waals surface area (Å²) in [6.07, 6.45) is 6.96. The summed E-state index contributed by atoms with van der Waals surface area (Å²) < 4.78 is 2.41. The highest BCUT2D eigenvalue weighted by Crippen LogP contribution is 2.36. The standard InChI is InChI=1S/C19H26N4OS/c1-12-9-20-18(16-5-4-6-16)23(12)11-15-7-8-22(10-15)19(24)17-13(2)21-14(3)25-17/h9,15-16H,4-8,10-11H2,1-3H3. The fourth-order valence-electron chi connectivity index (χ4n) is 4.01. The summed E-state index contributed by atoms with van der Waals surface area (Å²) in [5, 5.41) is 0.968. The lowest BCUT2D eigenvalue weighted by atomic mass is 9.84. The van der Waals surface area contributed by atoms with Gasteiger partial charge >= 0.3 is 0 Å². The van der Waals surface area contributed by atoms with Crippen molar-refractivity contribution in [1.29, 1.82) is 0 Å². The number of likely N-dealkylation sites (tertiary alicyclic amines) is 1. The lowest BCUT2D eigenvalue weighted by molar-refractivity contribution is 0.0789. The van der Waals surface area contributed by atoms with Crippen LogP contribution in [0.25, 0.3) is 0 Å². The number of aryl methyl sites for hydroxylation is 3. The maximum absolute atomic E-state index is 12.8. The van der Waals surface area contributed by atoms with Crippen molar-refractivity contribution in [3.05, 3.63) is 33.3 Å². The SMILES string of the molecule is Cc1nc(C)c(C(=O)N2CCC(Cn3c(C)cnc3C3CCC3)C2)s1. The second-order valence-electron chi connectivity index (χ2n) is 7.55. The van der Waals surface area contributed by atoms with E-state index in [1.54, 1.807) is 0 Å². The maximum atomic E-state index is 12.8. The molecule has 2 fully saturated rings. The summed E-state index contributed by atoms with van der Waals surface area (Å²) in [7, 11) is 0. The third kappa shape index (κ3) is 3.12. The first-order valence-electron chi connectivity index (χ1n) is 9.28. The molecule has 0 spiro atoms. The van der Waals surface area contributed by atoms with Gasteiger partial charge in [-0.3, -0.25) is 4.79 Å². The number of nitrogens with zero attached hydrogens (tertiary/aromatic N) is 4. The van der Waals surface area contributed by atoms with E-state index >= 15 is 0 Å². The number of imidazole rings is 1. The number of hydrogen-bond acceptors (Lipinski definition) is 4. The van der Waals surface area contributed by atoms with E-state index < -0.39 is 0 Å². The zero-order valence-corrected chi connectivity index (χ0v) is 16.1. The minimum atomic E-state index is 0.159. The van der Waals surface area contributed by atoms with E-state index in [1.807, 2.05) is 24.9 Å². The molecule has 6 heteroatoms. The Morgan fingerprint density at radius 2 is 2.08 bits per heavy atom. The van der Waals surface area contributed by atoms with Gasteiger partial charge in [0.15, 0.2) is 0 Å². The van der Waals surface area contributed by atoms with Crippen molar-refractivity contribution in [2.45, 2.75) is 58.9 Å². The van der Waals surface area contributed by atoms with Gasteiger partial charge < -0.3 is 9.47 Å². The number of carbonyl (C=O) groups is 1. The van der Waals surface area contributed by atoms with Crippen LogP contribution in [0.2, 0.25) is 0 Å². The predicted octanol–water partition coefficient (Wildman–Crippen LogP) is 3.69. The Balaban J connectivity index is 1.44. The molecule has 1 aliphatic heterocycles. The zero-order valence-electron chi connectivity index (χ0n) is 15.3. The lowest BCUT2D eigenvalue weighted by Crippen LogP contribution is -2.29. The third-order valence-corrected chi connectivity index (χ3v) is 6.73. The van der Waals surface area contributed by atoms with Crippen LogP contribution in [0.3, 0.4) is 0 Å². The number of carbonyl (C=O) groups excluding carboxylic acids is 1. The summed E-state index contributed by atoms with van der Waals surface area (Å²) in [4.78, 5) is 24.7. The molecule has 2 aliphatic rings. The Morgan fingerprint density at radius 1 is 1.28 bits per heavy atom. The van der Waals surface area contributed by atoms with Gasteiger partial charge in [0, 0.05) is 37.4 Å². The number of rotatable bonds is 4. The molecular weight excluding hydrogens is 332 g/mol. The van der Waals surface area contributed by atoms with Gasteiger partial charge in [0.25, 0.3) is 5.91 Å². The molecule has 1 atom stereocenters. The Bertz CT molecular complexity index is 789. The average molecular weight is 359 g/mol. The molecule has 1 saturated carbocycles. The molecule has 134 valence electrons. The van der Waals surface area contributed by atoms with Crippen LogP contribution in [-0.2, 0) is 6.54 Å². The number of amides is 1. The minimum absolute atomic E-state index is 0.159. The van der Waals surface area contributed by atoms with E-state index in [0.29, 0.717) is 11.8 Å². The lowest BCUT2D eigenvalue weighted by Gasteiger charge is -2.27. The molecule has 4 rings (SSSR count). The van der Waals surface area contributed by atoms with Gasteiger partial charge in [-0.25, -0.2) is 9.97 Å². The van der Waals surface area contributed by atoms with Crippen molar-refractivity contribution in [3.8, 4) is 0 Å². The highest BCUT2D eigenvalue weighted by molar-refractivity contribution is 7.13. The smallest absolute Gasteiger partial charge is 0.265 e. The van der Waals surface area contributed by atoms with Gasteiger partial charge in [0.1, 0.15) is 10.7 Å². The normalized spacial score (nSPS) is 20.9. The minimum Gasteiger partial charge on any atom is -0.338 e. The molecule has 1 unspecified atom stereocenters. The van der Waals surface area contributed by atoms with Crippen molar-refractivity contribution in [2.24, 2.45) is 5.92 Å². The quantitative estimate of drug-likeness (QED) is 0.837. The van der Waals surface area contributed by atoms with Crippen LogP contribution in [0.5, 0.6) is 0 Å². The molecule has 1 amide bonds. The van der Waals surface area contributed by atoms with Gasteiger partial charge in [0.2, 0.25) is 0 Å². The fourth-order valence-corrected chi connectivity index (χ4v) is 4.89. The topological polar surface area (TPSA) is 51.0 Å². The maximum Gasteiger partial charge on any atom is 0.265 e. The van der Waals surface area contributed by atoms with Gasteiger partial charge in [-0.1, -0.05) is 6.42 Å². The van der Waals surface area contributed by atoms with Crippen molar-refractivity contribution >= 4 is 17.2 Å². The summed E-state index contributed by atoms with van der Waals surface area (Å²) in [5.74, 6) is 2.59. The number of aromatic nitrogens is 3.